The molecule has 1 aromatic heterocycles. The van der Waals surface area contributed by atoms with Gasteiger partial charge in [0.15, 0.2) is 5.96 Å². The number of halogens is 1. The highest BCUT2D eigenvalue weighted by Gasteiger charge is 2.31. The highest BCUT2D eigenvalue weighted by molar-refractivity contribution is 6.30. The minimum Gasteiger partial charge on any atom is -0.357 e. The van der Waals surface area contributed by atoms with Crippen LogP contribution in [0.4, 0.5) is 0 Å². The Bertz CT molecular complexity index is 804. The number of hydrogen-bond acceptors (Lipinski definition) is 5. The van der Waals surface area contributed by atoms with Crippen LogP contribution in [0.2, 0.25) is 5.02 Å². The second-order valence-electron chi connectivity index (χ2n) is 7.81. The number of hydrogen-bond donors (Lipinski definition) is 2. The third kappa shape index (κ3) is 5.93. The molecule has 0 bridgehead atoms. The molecule has 0 radical (unpaired) electrons. The summed E-state index contributed by atoms with van der Waals surface area (Å²) in [4.78, 5) is 11.7. The molecular formula is C21H31ClN6O. The topological polar surface area (TPSA) is 78.6 Å². The molecule has 0 spiro atoms. The SMILES string of the molecule is CCNC(=NCCc1nc(-c2ccc(Cl)cc2)no1)NC1CN(C(C)C)CC1C. The Kier molecular flexibility index (Phi) is 7.50. The van der Waals surface area contributed by atoms with Gasteiger partial charge in [-0.25, -0.2) is 0 Å². The van der Waals surface area contributed by atoms with E-state index < -0.39 is 0 Å². The fraction of sp³-hybridized carbons (Fsp3) is 0.571. The average molecular weight is 419 g/mol. The van der Waals surface area contributed by atoms with Gasteiger partial charge in [-0.05, 0) is 51.0 Å². The quantitative estimate of drug-likeness (QED) is 0.531. The first-order valence-electron chi connectivity index (χ1n) is 10.3. The van der Waals surface area contributed by atoms with Gasteiger partial charge in [0.1, 0.15) is 0 Å². The van der Waals surface area contributed by atoms with Crippen molar-refractivity contribution in [3.63, 3.8) is 0 Å². The zero-order chi connectivity index (χ0) is 20.8. The van der Waals surface area contributed by atoms with Crippen molar-refractivity contribution in [3.05, 3.63) is 35.2 Å². The molecule has 1 aliphatic rings. The van der Waals surface area contributed by atoms with Gasteiger partial charge in [0, 0.05) is 48.7 Å². The van der Waals surface area contributed by atoms with Crippen LogP contribution in [0.25, 0.3) is 11.4 Å². The monoisotopic (exact) mass is 418 g/mol. The largest absolute Gasteiger partial charge is 0.357 e. The first kappa shape index (κ1) is 21.6. The van der Waals surface area contributed by atoms with Crippen LogP contribution in [0.3, 0.4) is 0 Å². The number of aromatic nitrogens is 2. The van der Waals surface area contributed by atoms with Crippen molar-refractivity contribution >= 4 is 17.6 Å². The first-order valence-corrected chi connectivity index (χ1v) is 10.7. The van der Waals surface area contributed by atoms with Gasteiger partial charge in [-0.15, -0.1) is 0 Å². The smallest absolute Gasteiger partial charge is 0.228 e. The lowest BCUT2D eigenvalue weighted by Crippen LogP contribution is -2.47. The highest BCUT2D eigenvalue weighted by atomic mass is 35.5. The molecule has 3 rings (SSSR count). The number of likely N-dealkylation sites (tertiary alicyclic amines) is 1. The van der Waals surface area contributed by atoms with Gasteiger partial charge in [-0.1, -0.05) is 23.7 Å². The highest BCUT2D eigenvalue weighted by Crippen LogP contribution is 2.19. The first-order chi connectivity index (χ1) is 14.0. The lowest BCUT2D eigenvalue weighted by Gasteiger charge is -2.21. The van der Waals surface area contributed by atoms with Gasteiger partial charge in [-0.2, -0.15) is 4.98 Å². The van der Waals surface area contributed by atoms with E-state index >= 15 is 0 Å². The summed E-state index contributed by atoms with van der Waals surface area (Å²) in [6.07, 6.45) is 0.593. The lowest BCUT2D eigenvalue weighted by atomic mass is 10.1. The fourth-order valence-corrected chi connectivity index (χ4v) is 3.57. The molecule has 1 aromatic carbocycles. The van der Waals surface area contributed by atoms with Crippen molar-refractivity contribution in [2.45, 2.75) is 46.2 Å². The zero-order valence-corrected chi connectivity index (χ0v) is 18.4. The van der Waals surface area contributed by atoms with E-state index in [-0.39, 0.29) is 0 Å². The average Bonchev–Trinajstić information content (AvgIpc) is 3.30. The molecule has 2 unspecified atom stereocenters. The van der Waals surface area contributed by atoms with Gasteiger partial charge >= 0.3 is 0 Å². The van der Waals surface area contributed by atoms with Crippen molar-refractivity contribution in [1.82, 2.24) is 25.7 Å². The fourth-order valence-electron chi connectivity index (χ4n) is 3.45. The lowest BCUT2D eigenvalue weighted by molar-refractivity contribution is 0.265. The van der Waals surface area contributed by atoms with E-state index in [0.717, 1.165) is 31.2 Å². The summed E-state index contributed by atoms with van der Waals surface area (Å²) in [5.41, 5.74) is 0.882. The number of benzene rings is 1. The standard InChI is InChI=1S/C21H31ClN6O/c1-5-23-21(25-18-13-28(14(2)3)12-15(18)4)24-11-10-19-26-20(27-29-19)16-6-8-17(22)9-7-16/h6-9,14-15,18H,5,10-13H2,1-4H3,(H2,23,24,25). The molecule has 2 N–H and O–H groups in total. The van der Waals surface area contributed by atoms with Crippen molar-refractivity contribution in [2.75, 3.05) is 26.2 Å². The van der Waals surface area contributed by atoms with Gasteiger partial charge < -0.3 is 15.2 Å². The maximum Gasteiger partial charge on any atom is 0.228 e. The van der Waals surface area contributed by atoms with Crippen LogP contribution in [0.15, 0.2) is 33.8 Å². The molecule has 29 heavy (non-hydrogen) atoms. The molecule has 8 heteroatoms. The third-order valence-electron chi connectivity index (χ3n) is 5.20. The molecule has 1 aliphatic heterocycles. The normalized spacial score (nSPS) is 20.4. The molecule has 7 nitrogen and oxygen atoms in total. The molecule has 158 valence electrons. The predicted molar refractivity (Wildman–Crippen MR) is 117 cm³/mol. The Balaban J connectivity index is 1.56. The van der Waals surface area contributed by atoms with Crippen molar-refractivity contribution in [2.24, 2.45) is 10.9 Å². The number of guanidine groups is 1. The van der Waals surface area contributed by atoms with Crippen LogP contribution in [0.5, 0.6) is 0 Å². The molecule has 0 amide bonds. The molecule has 0 saturated carbocycles. The maximum atomic E-state index is 5.93. The molecule has 1 saturated heterocycles. The number of aliphatic imine (C=N–C) groups is 1. The summed E-state index contributed by atoms with van der Waals surface area (Å²) < 4.78 is 5.37. The Morgan fingerprint density at radius 1 is 1.31 bits per heavy atom. The maximum absolute atomic E-state index is 5.93. The van der Waals surface area contributed by atoms with Gasteiger partial charge in [0.05, 0.1) is 6.54 Å². The summed E-state index contributed by atoms with van der Waals surface area (Å²) >= 11 is 5.93. The molecule has 2 heterocycles. The number of nitrogens with zero attached hydrogens (tertiary/aromatic N) is 4. The number of nitrogens with one attached hydrogen (secondary N) is 2. The minimum absolute atomic E-state index is 0.398. The summed E-state index contributed by atoms with van der Waals surface area (Å²) in [5, 5.41) is 11.7. The van der Waals surface area contributed by atoms with Crippen molar-refractivity contribution in [3.8, 4) is 11.4 Å². The van der Waals surface area contributed by atoms with Crippen molar-refractivity contribution < 1.29 is 4.52 Å². The summed E-state index contributed by atoms with van der Waals surface area (Å²) in [5.74, 6) is 2.57. The molecule has 0 aliphatic carbocycles. The second kappa shape index (κ2) is 10.1. The van der Waals surface area contributed by atoms with Gasteiger partial charge in [0.25, 0.3) is 0 Å². The van der Waals surface area contributed by atoms with Crippen LogP contribution in [-0.4, -0.2) is 59.3 Å². The van der Waals surface area contributed by atoms with Crippen LogP contribution < -0.4 is 10.6 Å². The van der Waals surface area contributed by atoms with Gasteiger partial charge in [0.2, 0.25) is 11.7 Å². The number of rotatable bonds is 7. The summed E-state index contributed by atoms with van der Waals surface area (Å²) in [7, 11) is 0. The Labute approximate surface area is 177 Å². The summed E-state index contributed by atoms with van der Waals surface area (Å²) in [6, 6.07) is 8.36. The van der Waals surface area contributed by atoms with E-state index in [1.54, 1.807) is 0 Å². The van der Waals surface area contributed by atoms with Crippen LogP contribution in [-0.2, 0) is 6.42 Å². The summed E-state index contributed by atoms with van der Waals surface area (Å²) in [6.45, 7) is 12.4. The Hall–Kier alpha value is -2.12. The Morgan fingerprint density at radius 3 is 2.72 bits per heavy atom. The minimum atomic E-state index is 0.398. The van der Waals surface area contributed by atoms with Crippen LogP contribution >= 0.6 is 11.6 Å². The van der Waals surface area contributed by atoms with E-state index in [4.69, 9.17) is 21.1 Å². The van der Waals surface area contributed by atoms with Gasteiger partial charge in [-0.3, -0.25) is 9.89 Å². The zero-order valence-electron chi connectivity index (χ0n) is 17.7. The van der Waals surface area contributed by atoms with Crippen molar-refractivity contribution in [1.29, 1.82) is 0 Å². The van der Waals surface area contributed by atoms with Crippen LogP contribution in [0, 0.1) is 5.92 Å². The Morgan fingerprint density at radius 2 is 2.07 bits per heavy atom. The van der Waals surface area contributed by atoms with E-state index in [2.05, 4.69) is 53.4 Å². The molecule has 1 fully saturated rings. The second-order valence-corrected chi connectivity index (χ2v) is 8.24. The van der Waals surface area contributed by atoms with E-state index in [9.17, 15) is 0 Å². The third-order valence-corrected chi connectivity index (χ3v) is 5.46. The van der Waals surface area contributed by atoms with Crippen LogP contribution in [0.1, 0.15) is 33.6 Å². The van der Waals surface area contributed by atoms with E-state index in [1.807, 2.05) is 24.3 Å². The van der Waals surface area contributed by atoms with E-state index in [0.29, 0.717) is 47.7 Å². The predicted octanol–water partition coefficient (Wildman–Crippen LogP) is 3.22. The molecular weight excluding hydrogens is 388 g/mol. The van der Waals surface area contributed by atoms with E-state index in [1.165, 1.54) is 0 Å². The molecule has 2 atom stereocenters. The molecule has 2 aromatic rings.